The van der Waals surface area contributed by atoms with E-state index < -0.39 is 5.97 Å². The zero-order chi connectivity index (χ0) is 19.6. The van der Waals surface area contributed by atoms with Crippen molar-refractivity contribution in [1.29, 1.82) is 0 Å². The van der Waals surface area contributed by atoms with Crippen LogP contribution >= 0.6 is 0 Å². The lowest BCUT2D eigenvalue weighted by molar-refractivity contribution is -0.123. The molecule has 1 amide bonds. The average Bonchev–Trinajstić information content (AvgIpc) is 2.72. The molecule has 1 atom stereocenters. The minimum atomic E-state index is -0.402. The Kier molecular flexibility index (Phi) is 7.55. The highest BCUT2D eigenvalue weighted by molar-refractivity contribution is 5.90. The molecule has 2 aromatic rings. The molecular weight excluding hydrogens is 344 g/mol. The van der Waals surface area contributed by atoms with Crippen LogP contribution in [0.5, 0.6) is 5.75 Å². The van der Waals surface area contributed by atoms with Crippen LogP contribution in [0.2, 0.25) is 0 Å². The number of ether oxygens (including phenoxy) is 2. The minimum absolute atomic E-state index is 0.124. The SMILES string of the molecule is CC[C@@H](C)c1ccc(OCC(=O)N/N=C\c2ccc(C(=O)OC)cc2)cc1. The van der Waals surface area contributed by atoms with Crippen LogP contribution in [-0.2, 0) is 9.53 Å². The van der Waals surface area contributed by atoms with Crippen molar-refractivity contribution in [2.24, 2.45) is 5.10 Å². The Morgan fingerprint density at radius 1 is 1.11 bits per heavy atom. The van der Waals surface area contributed by atoms with Crippen LogP contribution in [0, 0.1) is 0 Å². The third-order valence-corrected chi connectivity index (χ3v) is 4.17. The maximum absolute atomic E-state index is 11.8. The minimum Gasteiger partial charge on any atom is -0.484 e. The van der Waals surface area contributed by atoms with Crippen molar-refractivity contribution in [3.63, 3.8) is 0 Å². The summed E-state index contributed by atoms with van der Waals surface area (Å²) in [7, 11) is 1.33. The number of esters is 1. The van der Waals surface area contributed by atoms with Crippen molar-refractivity contribution in [3.8, 4) is 5.75 Å². The van der Waals surface area contributed by atoms with E-state index in [1.165, 1.54) is 18.9 Å². The van der Waals surface area contributed by atoms with Gasteiger partial charge in [-0.15, -0.1) is 0 Å². The smallest absolute Gasteiger partial charge is 0.337 e. The zero-order valence-electron chi connectivity index (χ0n) is 15.8. The van der Waals surface area contributed by atoms with E-state index in [0.717, 1.165) is 12.0 Å². The summed E-state index contributed by atoms with van der Waals surface area (Å²) in [5.41, 5.74) is 4.84. The number of carbonyl (C=O) groups is 2. The van der Waals surface area contributed by atoms with E-state index in [9.17, 15) is 9.59 Å². The summed E-state index contributed by atoms with van der Waals surface area (Å²) in [6.07, 6.45) is 2.56. The predicted octanol–water partition coefficient (Wildman–Crippen LogP) is 3.52. The lowest BCUT2D eigenvalue weighted by Crippen LogP contribution is -2.24. The molecule has 2 rings (SSSR count). The number of methoxy groups -OCH3 is 1. The standard InChI is InChI=1S/C21H24N2O4/c1-4-15(2)17-9-11-19(12-10-17)27-14-20(24)23-22-13-16-5-7-18(8-6-16)21(25)26-3/h5-13,15H,4,14H2,1-3H3,(H,23,24)/b22-13-/t15-/m1/s1. The maximum Gasteiger partial charge on any atom is 0.337 e. The molecule has 27 heavy (non-hydrogen) atoms. The molecular formula is C21H24N2O4. The second-order valence-electron chi connectivity index (χ2n) is 6.07. The number of benzene rings is 2. The number of rotatable bonds is 8. The van der Waals surface area contributed by atoms with Crippen molar-refractivity contribution < 1.29 is 19.1 Å². The van der Waals surface area contributed by atoms with Crippen LogP contribution in [0.4, 0.5) is 0 Å². The highest BCUT2D eigenvalue weighted by Gasteiger charge is 2.05. The molecule has 6 nitrogen and oxygen atoms in total. The van der Waals surface area contributed by atoms with E-state index in [2.05, 4.69) is 29.1 Å². The summed E-state index contributed by atoms with van der Waals surface area (Å²) in [5, 5.41) is 3.88. The number of hydrogen-bond acceptors (Lipinski definition) is 5. The molecule has 0 saturated heterocycles. The van der Waals surface area contributed by atoms with Gasteiger partial charge in [-0.05, 0) is 47.7 Å². The van der Waals surface area contributed by atoms with Crippen molar-refractivity contribution >= 4 is 18.1 Å². The van der Waals surface area contributed by atoms with Crippen LogP contribution < -0.4 is 10.2 Å². The van der Waals surface area contributed by atoms with Gasteiger partial charge in [0.2, 0.25) is 0 Å². The molecule has 0 bridgehead atoms. The Hall–Kier alpha value is -3.15. The second kappa shape index (κ2) is 10.1. The van der Waals surface area contributed by atoms with Gasteiger partial charge in [0, 0.05) is 0 Å². The molecule has 0 heterocycles. The van der Waals surface area contributed by atoms with Crippen LogP contribution in [-0.4, -0.2) is 31.8 Å². The fourth-order valence-electron chi connectivity index (χ4n) is 2.31. The molecule has 0 saturated carbocycles. The Morgan fingerprint density at radius 2 is 1.78 bits per heavy atom. The summed E-state index contributed by atoms with van der Waals surface area (Å²) in [4.78, 5) is 23.2. The number of nitrogens with one attached hydrogen (secondary N) is 1. The topological polar surface area (TPSA) is 77.0 Å². The van der Waals surface area contributed by atoms with E-state index >= 15 is 0 Å². The first kappa shape index (κ1) is 20.2. The molecule has 1 N–H and O–H groups in total. The van der Waals surface area contributed by atoms with Gasteiger partial charge in [-0.2, -0.15) is 5.10 Å². The monoisotopic (exact) mass is 368 g/mol. The Morgan fingerprint density at radius 3 is 2.37 bits per heavy atom. The lowest BCUT2D eigenvalue weighted by Gasteiger charge is -2.10. The maximum atomic E-state index is 11.8. The fraction of sp³-hybridized carbons (Fsp3) is 0.286. The van der Waals surface area contributed by atoms with Gasteiger partial charge in [-0.1, -0.05) is 38.1 Å². The number of hydrogen-bond donors (Lipinski definition) is 1. The van der Waals surface area contributed by atoms with Crippen molar-refractivity contribution in [3.05, 3.63) is 65.2 Å². The Balaban J connectivity index is 1.78. The highest BCUT2D eigenvalue weighted by Crippen LogP contribution is 2.21. The molecule has 2 aromatic carbocycles. The summed E-state index contributed by atoms with van der Waals surface area (Å²) >= 11 is 0. The molecule has 0 fully saturated rings. The number of nitrogens with zero attached hydrogens (tertiary/aromatic N) is 1. The molecule has 6 heteroatoms. The van der Waals surface area contributed by atoms with Crippen molar-refractivity contribution in [1.82, 2.24) is 5.43 Å². The number of hydrazone groups is 1. The zero-order valence-corrected chi connectivity index (χ0v) is 15.8. The highest BCUT2D eigenvalue weighted by atomic mass is 16.5. The molecule has 0 spiro atoms. The van der Waals surface area contributed by atoms with Gasteiger partial charge in [-0.3, -0.25) is 4.79 Å². The first-order valence-corrected chi connectivity index (χ1v) is 8.76. The quantitative estimate of drug-likeness (QED) is 0.439. The van der Waals surface area contributed by atoms with Crippen molar-refractivity contribution in [2.75, 3.05) is 13.7 Å². The van der Waals surface area contributed by atoms with Crippen LogP contribution in [0.1, 0.15) is 47.7 Å². The largest absolute Gasteiger partial charge is 0.484 e. The second-order valence-corrected chi connectivity index (χ2v) is 6.07. The lowest BCUT2D eigenvalue weighted by atomic mass is 9.99. The summed E-state index contributed by atoms with van der Waals surface area (Å²) in [6.45, 7) is 4.19. The number of amides is 1. The van der Waals surface area contributed by atoms with E-state index in [4.69, 9.17) is 4.74 Å². The van der Waals surface area contributed by atoms with E-state index in [1.807, 2.05) is 24.3 Å². The third-order valence-electron chi connectivity index (χ3n) is 4.17. The van der Waals surface area contributed by atoms with Crippen LogP contribution in [0.15, 0.2) is 53.6 Å². The van der Waals surface area contributed by atoms with Crippen LogP contribution in [0.25, 0.3) is 0 Å². The van der Waals surface area contributed by atoms with Gasteiger partial charge in [0.1, 0.15) is 5.75 Å². The molecule has 0 aliphatic carbocycles. The first-order valence-electron chi connectivity index (χ1n) is 8.76. The van der Waals surface area contributed by atoms with Crippen molar-refractivity contribution in [2.45, 2.75) is 26.2 Å². The third kappa shape index (κ3) is 6.26. The molecule has 0 aliphatic rings. The van der Waals surface area contributed by atoms with Gasteiger partial charge in [0.25, 0.3) is 5.91 Å². The van der Waals surface area contributed by atoms with E-state index in [1.54, 1.807) is 24.3 Å². The molecule has 0 unspecified atom stereocenters. The van der Waals surface area contributed by atoms with E-state index in [0.29, 0.717) is 17.2 Å². The van der Waals surface area contributed by atoms with Gasteiger partial charge in [-0.25, -0.2) is 10.2 Å². The summed E-state index contributed by atoms with van der Waals surface area (Å²) in [6, 6.07) is 14.4. The molecule has 0 radical (unpaired) electrons. The molecule has 0 aliphatic heterocycles. The summed E-state index contributed by atoms with van der Waals surface area (Å²) in [5.74, 6) is 0.377. The first-order chi connectivity index (χ1) is 13.0. The Bertz CT molecular complexity index is 783. The van der Waals surface area contributed by atoms with Gasteiger partial charge in [0.05, 0.1) is 18.9 Å². The predicted molar refractivity (Wildman–Crippen MR) is 104 cm³/mol. The van der Waals surface area contributed by atoms with Gasteiger partial charge >= 0.3 is 5.97 Å². The van der Waals surface area contributed by atoms with Gasteiger partial charge < -0.3 is 9.47 Å². The molecule has 0 aromatic heterocycles. The Labute approximate surface area is 159 Å². The fourth-order valence-corrected chi connectivity index (χ4v) is 2.31. The van der Waals surface area contributed by atoms with Gasteiger partial charge in [0.15, 0.2) is 6.61 Å². The molecule has 142 valence electrons. The van der Waals surface area contributed by atoms with E-state index in [-0.39, 0.29) is 12.5 Å². The average molecular weight is 368 g/mol. The van der Waals surface area contributed by atoms with Crippen LogP contribution in [0.3, 0.4) is 0 Å². The summed E-state index contributed by atoms with van der Waals surface area (Å²) < 4.78 is 10.1. The normalized spacial score (nSPS) is 11.8. The number of carbonyl (C=O) groups excluding carboxylic acids is 2.